The van der Waals surface area contributed by atoms with Crippen LogP contribution in [0.4, 0.5) is 18.0 Å². The third kappa shape index (κ3) is 6.20. The number of halogens is 3. The van der Waals surface area contributed by atoms with Gasteiger partial charge in [-0.1, -0.05) is 24.8 Å². The fraction of sp³-hybridized carbons (Fsp3) is 0.375. The molecule has 0 spiro atoms. The first-order valence-corrected chi connectivity index (χ1v) is 6.99. The molecule has 0 aliphatic carbocycles. The van der Waals surface area contributed by atoms with Gasteiger partial charge in [0.05, 0.1) is 18.0 Å². The summed E-state index contributed by atoms with van der Waals surface area (Å²) in [5, 5.41) is 11.2. The Morgan fingerprint density at radius 2 is 2.04 bits per heavy atom. The van der Waals surface area contributed by atoms with Crippen molar-refractivity contribution in [1.82, 2.24) is 10.2 Å². The molecule has 2 amide bonds. The molecule has 2 N–H and O–H groups in total. The Morgan fingerprint density at radius 3 is 2.62 bits per heavy atom. The van der Waals surface area contributed by atoms with Crippen LogP contribution in [0.1, 0.15) is 18.1 Å². The van der Waals surface area contributed by atoms with Gasteiger partial charge in [0.25, 0.3) is 0 Å². The van der Waals surface area contributed by atoms with Crippen LogP contribution in [0, 0.1) is 17.8 Å². The van der Waals surface area contributed by atoms with Crippen LogP contribution in [-0.4, -0.2) is 42.1 Å². The molecule has 1 unspecified atom stereocenters. The average molecular weight is 342 g/mol. The highest BCUT2D eigenvalue weighted by atomic mass is 19.4. The van der Waals surface area contributed by atoms with Gasteiger partial charge < -0.3 is 15.3 Å². The SMILES string of the molecule is CC(CN(C)C(=O)NCC#Cc1cccc(C(F)(F)F)c1)C(=O)O. The number of carbonyl (C=O) groups excluding carboxylic acids is 1. The highest BCUT2D eigenvalue weighted by Crippen LogP contribution is 2.29. The van der Waals surface area contributed by atoms with E-state index in [4.69, 9.17) is 5.11 Å². The maximum atomic E-state index is 12.6. The van der Waals surface area contributed by atoms with Crippen LogP contribution in [0.5, 0.6) is 0 Å². The number of rotatable bonds is 4. The van der Waals surface area contributed by atoms with Gasteiger partial charge in [0.1, 0.15) is 0 Å². The van der Waals surface area contributed by atoms with Crippen molar-refractivity contribution >= 4 is 12.0 Å². The molecule has 0 aromatic heterocycles. The number of hydrogen-bond donors (Lipinski definition) is 2. The smallest absolute Gasteiger partial charge is 0.416 e. The van der Waals surface area contributed by atoms with Gasteiger partial charge in [0.2, 0.25) is 0 Å². The molecule has 0 radical (unpaired) electrons. The lowest BCUT2D eigenvalue weighted by Gasteiger charge is -2.19. The molecule has 0 saturated carbocycles. The van der Waals surface area contributed by atoms with Crippen molar-refractivity contribution in [3.8, 4) is 11.8 Å². The summed E-state index contributed by atoms with van der Waals surface area (Å²) in [5.41, 5.74) is -0.604. The van der Waals surface area contributed by atoms with Crippen LogP contribution < -0.4 is 5.32 Å². The van der Waals surface area contributed by atoms with Gasteiger partial charge in [-0.05, 0) is 18.2 Å². The zero-order chi connectivity index (χ0) is 18.3. The topological polar surface area (TPSA) is 69.6 Å². The number of aliphatic carboxylic acids is 1. The van der Waals surface area contributed by atoms with Gasteiger partial charge in [0, 0.05) is 19.2 Å². The molecule has 5 nitrogen and oxygen atoms in total. The molecule has 1 aromatic rings. The van der Waals surface area contributed by atoms with Crippen molar-refractivity contribution < 1.29 is 27.9 Å². The Morgan fingerprint density at radius 1 is 1.38 bits per heavy atom. The number of alkyl halides is 3. The van der Waals surface area contributed by atoms with E-state index in [1.807, 2.05) is 0 Å². The van der Waals surface area contributed by atoms with E-state index < -0.39 is 29.7 Å². The van der Waals surface area contributed by atoms with Crippen molar-refractivity contribution in [2.75, 3.05) is 20.1 Å². The number of urea groups is 1. The molecule has 0 fully saturated rings. The van der Waals surface area contributed by atoms with Gasteiger partial charge in [-0.15, -0.1) is 0 Å². The van der Waals surface area contributed by atoms with Gasteiger partial charge in [0.15, 0.2) is 0 Å². The summed E-state index contributed by atoms with van der Waals surface area (Å²) in [6.45, 7) is 1.43. The van der Waals surface area contributed by atoms with Crippen molar-refractivity contribution in [1.29, 1.82) is 0 Å². The Hall–Kier alpha value is -2.69. The monoisotopic (exact) mass is 342 g/mol. The third-order valence-corrected chi connectivity index (χ3v) is 3.07. The number of nitrogens with zero attached hydrogens (tertiary/aromatic N) is 1. The van der Waals surface area contributed by atoms with E-state index >= 15 is 0 Å². The van der Waals surface area contributed by atoms with Crippen molar-refractivity contribution in [3.05, 3.63) is 35.4 Å². The lowest BCUT2D eigenvalue weighted by molar-refractivity contribution is -0.141. The fourth-order valence-corrected chi connectivity index (χ4v) is 1.75. The first-order chi connectivity index (χ1) is 11.1. The first kappa shape index (κ1) is 19.4. The molecule has 0 aliphatic heterocycles. The lowest BCUT2D eigenvalue weighted by Crippen LogP contribution is -2.40. The lowest BCUT2D eigenvalue weighted by atomic mass is 10.1. The molecule has 1 atom stereocenters. The summed E-state index contributed by atoms with van der Waals surface area (Å²) >= 11 is 0. The van der Waals surface area contributed by atoms with Crippen LogP contribution in [0.25, 0.3) is 0 Å². The summed E-state index contributed by atoms with van der Waals surface area (Å²) in [6.07, 6.45) is -4.44. The number of benzene rings is 1. The van der Waals surface area contributed by atoms with Crippen molar-refractivity contribution in [2.45, 2.75) is 13.1 Å². The predicted octanol–water partition coefficient (Wildman–Crippen LogP) is 2.42. The predicted molar refractivity (Wildman–Crippen MR) is 81.2 cm³/mol. The van der Waals surface area contributed by atoms with E-state index in [9.17, 15) is 22.8 Å². The molecular weight excluding hydrogens is 325 g/mol. The zero-order valence-electron chi connectivity index (χ0n) is 13.1. The van der Waals surface area contributed by atoms with E-state index in [1.165, 1.54) is 31.0 Å². The van der Waals surface area contributed by atoms with Crippen molar-refractivity contribution in [3.63, 3.8) is 0 Å². The molecule has 0 aliphatic rings. The van der Waals surface area contributed by atoms with E-state index in [0.29, 0.717) is 0 Å². The third-order valence-electron chi connectivity index (χ3n) is 3.07. The maximum absolute atomic E-state index is 12.6. The summed E-state index contributed by atoms with van der Waals surface area (Å²) in [4.78, 5) is 23.6. The Kier molecular flexibility index (Phi) is 6.65. The van der Waals surface area contributed by atoms with Crippen LogP contribution in [-0.2, 0) is 11.0 Å². The Balaban J connectivity index is 2.55. The molecule has 24 heavy (non-hydrogen) atoms. The number of hydrogen-bond acceptors (Lipinski definition) is 2. The number of amides is 2. The van der Waals surface area contributed by atoms with Gasteiger partial charge in [-0.25, -0.2) is 4.79 Å². The van der Waals surface area contributed by atoms with E-state index in [-0.39, 0.29) is 18.7 Å². The Labute approximate surface area is 137 Å². The highest BCUT2D eigenvalue weighted by molar-refractivity contribution is 5.75. The summed E-state index contributed by atoms with van der Waals surface area (Å²) in [5.74, 6) is 3.36. The van der Waals surface area contributed by atoms with E-state index in [1.54, 1.807) is 0 Å². The molecule has 8 heteroatoms. The molecular formula is C16H17F3N2O3. The average Bonchev–Trinajstić information content (AvgIpc) is 2.50. The molecule has 0 heterocycles. The van der Waals surface area contributed by atoms with Gasteiger partial charge in [-0.2, -0.15) is 13.2 Å². The summed E-state index contributed by atoms with van der Waals surface area (Å²) in [6, 6.07) is 4.06. The van der Waals surface area contributed by atoms with Crippen LogP contribution >= 0.6 is 0 Å². The molecule has 0 saturated heterocycles. The molecule has 1 rings (SSSR count). The van der Waals surface area contributed by atoms with Crippen molar-refractivity contribution in [2.24, 2.45) is 5.92 Å². The minimum absolute atomic E-state index is 0.0300. The normalized spacial score (nSPS) is 11.9. The highest BCUT2D eigenvalue weighted by Gasteiger charge is 2.30. The molecule has 130 valence electrons. The Bertz CT molecular complexity index is 663. The number of carboxylic acids is 1. The number of nitrogens with one attached hydrogen (secondary N) is 1. The maximum Gasteiger partial charge on any atom is 0.416 e. The summed E-state index contributed by atoms with van der Waals surface area (Å²) in [7, 11) is 1.44. The second-order valence-electron chi connectivity index (χ2n) is 5.16. The van der Waals surface area contributed by atoms with E-state index in [0.717, 1.165) is 12.1 Å². The standard InChI is InChI=1S/C16H17F3N2O3/c1-11(14(22)23)10-21(2)15(24)20-8-4-6-12-5-3-7-13(9-12)16(17,18)19/h3,5,7,9,11H,8,10H2,1-2H3,(H,20,24)(H,22,23). The minimum Gasteiger partial charge on any atom is -0.481 e. The summed E-state index contributed by atoms with van der Waals surface area (Å²) < 4.78 is 37.7. The van der Waals surface area contributed by atoms with Crippen LogP contribution in [0.15, 0.2) is 24.3 Å². The fourth-order valence-electron chi connectivity index (χ4n) is 1.75. The largest absolute Gasteiger partial charge is 0.481 e. The molecule has 1 aromatic carbocycles. The number of carbonyl (C=O) groups is 2. The molecule has 0 bridgehead atoms. The second kappa shape index (κ2) is 8.24. The zero-order valence-corrected chi connectivity index (χ0v) is 13.1. The van der Waals surface area contributed by atoms with Gasteiger partial charge in [-0.3, -0.25) is 4.79 Å². The second-order valence-corrected chi connectivity index (χ2v) is 5.16. The first-order valence-electron chi connectivity index (χ1n) is 6.99. The van der Waals surface area contributed by atoms with Gasteiger partial charge >= 0.3 is 18.2 Å². The van der Waals surface area contributed by atoms with Crippen LogP contribution in [0.3, 0.4) is 0 Å². The number of carboxylic acid groups (broad SMARTS) is 1. The minimum atomic E-state index is -4.44. The quantitative estimate of drug-likeness (QED) is 0.826. The van der Waals surface area contributed by atoms with Crippen LogP contribution in [0.2, 0.25) is 0 Å². The van der Waals surface area contributed by atoms with E-state index in [2.05, 4.69) is 17.2 Å².